The van der Waals surface area contributed by atoms with Gasteiger partial charge in [-0.2, -0.15) is 0 Å². The Labute approximate surface area is 142 Å². The average Bonchev–Trinajstić information content (AvgIpc) is 2.54. The highest BCUT2D eigenvalue weighted by atomic mass is 31.2. The molecule has 0 radical (unpaired) electrons. The molecule has 0 aliphatic heterocycles. The molecule has 0 aliphatic rings. The number of pyridine rings is 1. The van der Waals surface area contributed by atoms with Crippen LogP contribution in [0, 0.1) is 0 Å². The Kier molecular flexibility index (Phi) is 5.89. The summed E-state index contributed by atoms with van der Waals surface area (Å²) < 4.78 is 12.7. The lowest BCUT2D eigenvalue weighted by atomic mass is 10.2. The Bertz CT molecular complexity index is 718. The van der Waals surface area contributed by atoms with Crippen LogP contribution in [0.5, 0.6) is 0 Å². The molecule has 1 aromatic heterocycles. The molecule has 1 unspecified atom stereocenters. The number of carbonyl (C=O) groups is 1. The molecule has 7 heteroatoms. The average molecular weight is 347 g/mol. The first-order chi connectivity index (χ1) is 11.3. The minimum atomic E-state index is -2.58. The van der Waals surface area contributed by atoms with E-state index in [1.165, 1.54) is 0 Å². The van der Waals surface area contributed by atoms with Crippen LogP contribution in [0.25, 0.3) is 0 Å². The minimum Gasteiger partial charge on any atom is -0.322 e. The van der Waals surface area contributed by atoms with Crippen molar-refractivity contribution in [1.29, 1.82) is 0 Å². The fraction of sp³-hybridized carbons (Fsp3) is 0.294. The fourth-order valence-corrected chi connectivity index (χ4v) is 4.59. The largest absolute Gasteiger partial charge is 0.322 e. The summed E-state index contributed by atoms with van der Waals surface area (Å²) in [6.07, 6.45) is 3.30. The number of nitrogens with zero attached hydrogens (tertiary/aromatic N) is 3. The van der Waals surface area contributed by atoms with Gasteiger partial charge in [-0.05, 0) is 44.1 Å². The van der Waals surface area contributed by atoms with Gasteiger partial charge in [0.2, 0.25) is 0 Å². The molecule has 1 amide bonds. The maximum Gasteiger partial charge on any atom is 0.278 e. The van der Waals surface area contributed by atoms with Gasteiger partial charge in [-0.3, -0.25) is 19.9 Å². The molecule has 0 bridgehead atoms. The SMILES string of the molecule is CN(CN(O)C(=O)c1ccccc1)C(c1cccnc1)P(C)(C)=O. The fourth-order valence-electron chi connectivity index (χ4n) is 2.70. The summed E-state index contributed by atoms with van der Waals surface area (Å²) in [5, 5.41) is 10.8. The first kappa shape index (κ1) is 18.3. The zero-order chi connectivity index (χ0) is 17.7. The van der Waals surface area contributed by atoms with Gasteiger partial charge in [-0.1, -0.05) is 24.3 Å². The van der Waals surface area contributed by atoms with Gasteiger partial charge in [-0.25, -0.2) is 5.06 Å². The van der Waals surface area contributed by atoms with Crippen LogP contribution in [0.15, 0.2) is 54.9 Å². The van der Waals surface area contributed by atoms with Gasteiger partial charge in [-0.15, -0.1) is 0 Å². The van der Waals surface area contributed by atoms with E-state index in [0.29, 0.717) is 10.6 Å². The van der Waals surface area contributed by atoms with Crippen LogP contribution in [-0.2, 0) is 4.57 Å². The van der Waals surface area contributed by atoms with Crippen LogP contribution in [0.2, 0.25) is 0 Å². The molecule has 0 fully saturated rings. The Morgan fingerprint density at radius 3 is 2.42 bits per heavy atom. The molecule has 1 heterocycles. The monoisotopic (exact) mass is 347 g/mol. The lowest BCUT2D eigenvalue weighted by molar-refractivity contribution is -0.0874. The first-order valence-electron chi connectivity index (χ1n) is 7.51. The van der Waals surface area contributed by atoms with Gasteiger partial charge < -0.3 is 4.57 Å². The molecule has 1 N–H and O–H groups in total. The summed E-state index contributed by atoms with van der Waals surface area (Å²) in [6.45, 7) is 3.29. The zero-order valence-corrected chi connectivity index (χ0v) is 14.9. The number of carbonyl (C=O) groups excluding carboxylic acids is 1. The predicted octanol–water partition coefficient (Wildman–Crippen LogP) is 3.12. The molecule has 128 valence electrons. The molecule has 2 aromatic rings. The van der Waals surface area contributed by atoms with Gasteiger partial charge in [0.15, 0.2) is 0 Å². The number of hydrogen-bond acceptors (Lipinski definition) is 5. The Morgan fingerprint density at radius 2 is 1.88 bits per heavy atom. The van der Waals surface area contributed by atoms with Crippen molar-refractivity contribution in [2.45, 2.75) is 5.78 Å². The standard InChI is InChI=1S/C17H22N3O3P/c1-19(13-20(22)16(21)14-8-5-4-6-9-14)17(24(2,3)23)15-10-7-11-18-12-15/h4-12,17,22H,13H2,1-3H3. The molecule has 0 aliphatic carbocycles. The van der Waals surface area contributed by atoms with E-state index in [4.69, 9.17) is 0 Å². The van der Waals surface area contributed by atoms with Gasteiger partial charge in [0.05, 0.1) is 5.78 Å². The van der Waals surface area contributed by atoms with Crippen LogP contribution in [0.3, 0.4) is 0 Å². The van der Waals surface area contributed by atoms with Gasteiger partial charge >= 0.3 is 0 Å². The molecule has 24 heavy (non-hydrogen) atoms. The maximum atomic E-state index is 12.7. The second kappa shape index (κ2) is 7.71. The Balaban J connectivity index is 2.17. The summed E-state index contributed by atoms with van der Waals surface area (Å²) in [5.41, 5.74) is 1.18. The lowest BCUT2D eigenvalue weighted by Crippen LogP contribution is -2.39. The van der Waals surface area contributed by atoms with Gasteiger partial charge in [0.25, 0.3) is 5.91 Å². The van der Waals surface area contributed by atoms with E-state index in [2.05, 4.69) is 4.98 Å². The normalized spacial score (nSPS) is 12.9. The van der Waals surface area contributed by atoms with Crippen molar-refractivity contribution in [3.63, 3.8) is 0 Å². The third-order valence-electron chi connectivity index (χ3n) is 3.60. The Morgan fingerprint density at radius 1 is 1.21 bits per heavy atom. The number of hydrogen-bond donors (Lipinski definition) is 1. The number of rotatable bonds is 6. The number of aromatic nitrogens is 1. The third-order valence-corrected chi connectivity index (χ3v) is 5.47. The van der Waals surface area contributed by atoms with E-state index in [-0.39, 0.29) is 6.67 Å². The molecule has 0 spiro atoms. The lowest BCUT2D eigenvalue weighted by Gasteiger charge is -2.33. The van der Waals surface area contributed by atoms with Crippen molar-refractivity contribution in [2.24, 2.45) is 0 Å². The second-order valence-electron chi connectivity index (χ2n) is 6.06. The van der Waals surface area contributed by atoms with Crippen molar-refractivity contribution in [2.75, 3.05) is 27.0 Å². The summed E-state index contributed by atoms with van der Waals surface area (Å²) in [7, 11) is -0.854. The highest BCUT2D eigenvalue weighted by Crippen LogP contribution is 2.53. The zero-order valence-electron chi connectivity index (χ0n) is 14.0. The summed E-state index contributed by atoms with van der Waals surface area (Å²) in [6, 6.07) is 12.1. The summed E-state index contributed by atoms with van der Waals surface area (Å²) >= 11 is 0. The molecular weight excluding hydrogens is 325 g/mol. The maximum absolute atomic E-state index is 12.7. The van der Waals surface area contributed by atoms with Crippen LogP contribution in [-0.4, -0.2) is 53.1 Å². The van der Waals surface area contributed by atoms with Gasteiger partial charge in [0.1, 0.15) is 13.8 Å². The Hall–Kier alpha value is -2.01. The van der Waals surface area contributed by atoms with E-state index in [1.807, 2.05) is 6.07 Å². The van der Waals surface area contributed by atoms with Crippen molar-refractivity contribution >= 4 is 13.0 Å². The molecule has 2 rings (SSSR count). The van der Waals surface area contributed by atoms with Crippen molar-refractivity contribution < 1.29 is 14.6 Å². The molecule has 6 nitrogen and oxygen atoms in total. The number of hydroxylamine groups is 2. The van der Waals surface area contributed by atoms with E-state index >= 15 is 0 Å². The number of amides is 1. The highest BCUT2D eigenvalue weighted by molar-refractivity contribution is 7.62. The first-order valence-corrected chi connectivity index (χ1v) is 10.2. The number of benzene rings is 1. The molecule has 0 saturated heterocycles. The molecule has 1 aromatic carbocycles. The molecule has 1 atom stereocenters. The van der Waals surface area contributed by atoms with Crippen molar-refractivity contribution in [3.8, 4) is 0 Å². The smallest absolute Gasteiger partial charge is 0.278 e. The molecular formula is C17H22N3O3P. The van der Waals surface area contributed by atoms with E-state index in [9.17, 15) is 14.6 Å². The second-order valence-corrected chi connectivity index (χ2v) is 9.42. The van der Waals surface area contributed by atoms with Crippen LogP contribution in [0.4, 0.5) is 0 Å². The van der Waals surface area contributed by atoms with Crippen LogP contribution >= 0.6 is 7.14 Å². The summed E-state index contributed by atoms with van der Waals surface area (Å²) in [5.74, 6) is -0.946. The minimum absolute atomic E-state index is 0.0705. The van der Waals surface area contributed by atoms with E-state index < -0.39 is 18.8 Å². The van der Waals surface area contributed by atoms with E-state index in [0.717, 1.165) is 5.56 Å². The van der Waals surface area contributed by atoms with Gasteiger partial charge in [0, 0.05) is 18.0 Å². The third kappa shape index (κ3) is 4.51. The van der Waals surface area contributed by atoms with Crippen molar-refractivity contribution in [3.05, 3.63) is 66.0 Å². The topological polar surface area (TPSA) is 73.7 Å². The highest BCUT2D eigenvalue weighted by Gasteiger charge is 2.31. The quantitative estimate of drug-likeness (QED) is 0.376. The summed E-state index contributed by atoms with van der Waals surface area (Å²) in [4.78, 5) is 18.0. The van der Waals surface area contributed by atoms with E-state index in [1.54, 1.807) is 74.1 Å². The molecule has 0 saturated carbocycles. The predicted molar refractivity (Wildman–Crippen MR) is 93.5 cm³/mol. The van der Waals surface area contributed by atoms with Crippen LogP contribution in [0.1, 0.15) is 21.7 Å². The van der Waals surface area contributed by atoms with Crippen molar-refractivity contribution in [1.82, 2.24) is 14.9 Å². The van der Waals surface area contributed by atoms with Crippen LogP contribution < -0.4 is 0 Å².